The van der Waals surface area contributed by atoms with Crippen LogP contribution in [-0.2, 0) is 4.79 Å². The molecule has 7 heteroatoms. The van der Waals surface area contributed by atoms with Gasteiger partial charge >= 0.3 is 12.1 Å². The van der Waals surface area contributed by atoms with Crippen molar-refractivity contribution in [2.24, 2.45) is 0 Å². The third-order valence-corrected chi connectivity index (χ3v) is 2.36. The summed E-state index contributed by atoms with van der Waals surface area (Å²) >= 11 is 0. The third kappa shape index (κ3) is 3.68. The van der Waals surface area contributed by atoms with Crippen LogP contribution in [0.5, 0.6) is 0 Å². The molecule has 1 atom stereocenters. The van der Waals surface area contributed by atoms with Crippen LogP contribution in [0.4, 0.5) is 22.0 Å². The number of benzene rings is 1. The number of carbonyl (C=O) groups is 1. The van der Waals surface area contributed by atoms with Crippen LogP contribution in [0.25, 0.3) is 0 Å². The molecular formula is C11H9F5O2. The molecule has 0 saturated carbocycles. The van der Waals surface area contributed by atoms with Gasteiger partial charge in [0, 0.05) is 5.56 Å². The second-order valence-corrected chi connectivity index (χ2v) is 3.66. The van der Waals surface area contributed by atoms with Gasteiger partial charge in [-0.3, -0.25) is 4.79 Å². The highest BCUT2D eigenvalue weighted by Gasteiger charge is 2.41. The van der Waals surface area contributed by atoms with Crippen molar-refractivity contribution < 1.29 is 31.9 Å². The van der Waals surface area contributed by atoms with Gasteiger partial charge in [-0.1, -0.05) is 24.3 Å². The van der Waals surface area contributed by atoms with E-state index in [9.17, 15) is 26.7 Å². The lowest BCUT2D eigenvalue weighted by molar-refractivity contribution is -0.163. The molecular weight excluding hydrogens is 259 g/mol. The van der Waals surface area contributed by atoms with Gasteiger partial charge < -0.3 is 5.11 Å². The average Bonchev–Trinajstić information content (AvgIpc) is 2.24. The smallest absolute Gasteiger partial charge is 0.396 e. The standard InChI is InChI=1S/C11H9F5O2/c12-10(13)7-3-1-6(2-4-7)8(5-9(17)18)11(14,15)16/h1-4,8,10H,5H2,(H,17,18). The predicted molar refractivity (Wildman–Crippen MR) is 52.4 cm³/mol. The monoisotopic (exact) mass is 268 g/mol. The van der Waals surface area contributed by atoms with Crippen molar-refractivity contribution in [3.63, 3.8) is 0 Å². The van der Waals surface area contributed by atoms with Crippen LogP contribution in [0.2, 0.25) is 0 Å². The number of hydrogen-bond acceptors (Lipinski definition) is 1. The molecule has 1 N–H and O–H groups in total. The van der Waals surface area contributed by atoms with Gasteiger partial charge in [0.1, 0.15) is 0 Å². The molecule has 0 aliphatic rings. The Morgan fingerprint density at radius 1 is 1.11 bits per heavy atom. The molecule has 100 valence electrons. The summed E-state index contributed by atoms with van der Waals surface area (Å²) in [5.74, 6) is -3.79. The first-order chi connectivity index (χ1) is 8.21. The second-order valence-electron chi connectivity index (χ2n) is 3.66. The van der Waals surface area contributed by atoms with Gasteiger partial charge in [-0.15, -0.1) is 0 Å². The van der Waals surface area contributed by atoms with Crippen molar-refractivity contribution in [3.05, 3.63) is 35.4 Å². The van der Waals surface area contributed by atoms with Gasteiger partial charge in [-0.05, 0) is 5.56 Å². The van der Waals surface area contributed by atoms with E-state index in [1.165, 1.54) is 0 Å². The zero-order chi connectivity index (χ0) is 13.9. The first kappa shape index (κ1) is 14.4. The van der Waals surface area contributed by atoms with Crippen molar-refractivity contribution >= 4 is 5.97 Å². The molecule has 0 saturated heterocycles. The molecule has 0 aliphatic heterocycles. The summed E-state index contributed by atoms with van der Waals surface area (Å²) < 4.78 is 62.3. The van der Waals surface area contributed by atoms with Gasteiger partial charge in [0.2, 0.25) is 0 Å². The summed E-state index contributed by atoms with van der Waals surface area (Å²) in [5, 5.41) is 8.43. The van der Waals surface area contributed by atoms with Gasteiger partial charge in [-0.2, -0.15) is 13.2 Å². The maximum atomic E-state index is 12.6. The van der Waals surface area contributed by atoms with E-state index in [1.54, 1.807) is 0 Å². The van der Waals surface area contributed by atoms with E-state index in [2.05, 4.69) is 0 Å². The lowest BCUT2D eigenvalue weighted by Gasteiger charge is -2.19. The Morgan fingerprint density at radius 3 is 1.89 bits per heavy atom. The largest absolute Gasteiger partial charge is 0.481 e. The number of rotatable bonds is 4. The minimum atomic E-state index is -4.73. The average molecular weight is 268 g/mol. The van der Waals surface area contributed by atoms with E-state index in [-0.39, 0.29) is 5.56 Å². The van der Waals surface area contributed by atoms with Crippen LogP contribution < -0.4 is 0 Å². The molecule has 0 spiro atoms. The summed E-state index contributed by atoms with van der Waals surface area (Å²) in [6.07, 6.45) is -8.63. The predicted octanol–water partition coefficient (Wildman–Crippen LogP) is 3.74. The number of alkyl halides is 5. The Morgan fingerprint density at radius 2 is 1.56 bits per heavy atom. The van der Waals surface area contributed by atoms with Crippen LogP contribution in [0.1, 0.15) is 29.9 Å². The molecule has 0 aromatic heterocycles. The first-order valence-corrected chi connectivity index (χ1v) is 4.88. The maximum Gasteiger partial charge on any atom is 0.396 e. The number of carboxylic acid groups (broad SMARTS) is 1. The number of halogens is 5. The van der Waals surface area contributed by atoms with E-state index in [0.29, 0.717) is 0 Å². The molecule has 0 amide bonds. The van der Waals surface area contributed by atoms with E-state index in [4.69, 9.17) is 5.11 Å². The van der Waals surface area contributed by atoms with E-state index in [1.807, 2.05) is 0 Å². The summed E-state index contributed by atoms with van der Waals surface area (Å²) in [6.45, 7) is 0. The molecule has 0 radical (unpaired) electrons. The minimum absolute atomic E-state index is 0.339. The molecule has 1 aromatic carbocycles. The topological polar surface area (TPSA) is 37.3 Å². The first-order valence-electron chi connectivity index (χ1n) is 4.88. The van der Waals surface area contributed by atoms with Gasteiger partial charge in [0.25, 0.3) is 6.43 Å². The summed E-state index contributed by atoms with van der Waals surface area (Å²) in [7, 11) is 0. The Kier molecular flexibility index (Phi) is 4.26. The lowest BCUT2D eigenvalue weighted by atomic mass is 9.94. The zero-order valence-corrected chi connectivity index (χ0v) is 8.92. The van der Waals surface area contributed by atoms with Crippen molar-refractivity contribution in [1.82, 2.24) is 0 Å². The summed E-state index contributed by atoms with van der Waals surface area (Å²) in [6, 6.07) is 3.48. The Labute approximate surface area is 99.0 Å². The van der Waals surface area contributed by atoms with E-state index < -0.39 is 36.5 Å². The molecule has 0 bridgehead atoms. The van der Waals surface area contributed by atoms with Crippen LogP contribution in [0.15, 0.2) is 24.3 Å². The second kappa shape index (κ2) is 5.32. The SMILES string of the molecule is O=C(O)CC(c1ccc(C(F)F)cc1)C(F)(F)F. The van der Waals surface area contributed by atoms with Crippen LogP contribution in [-0.4, -0.2) is 17.3 Å². The fourth-order valence-corrected chi connectivity index (χ4v) is 1.47. The highest BCUT2D eigenvalue weighted by atomic mass is 19.4. The van der Waals surface area contributed by atoms with Crippen LogP contribution >= 0.6 is 0 Å². The van der Waals surface area contributed by atoms with Crippen LogP contribution in [0, 0.1) is 0 Å². The van der Waals surface area contributed by atoms with Crippen molar-refractivity contribution in [2.75, 3.05) is 0 Å². The molecule has 18 heavy (non-hydrogen) atoms. The van der Waals surface area contributed by atoms with Crippen LogP contribution in [0.3, 0.4) is 0 Å². The zero-order valence-electron chi connectivity index (χ0n) is 8.92. The van der Waals surface area contributed by atoms with Crippen molar-refractivity contribution in [3.8, 4) is 0 Å². The minimum Gasteiger partial charge on any atom is -0.481 e. The Bertz CT molecular complexity index is 410. The fraction of sp³-hybridized carbons (Fsp3) is 0.364. The number of carboxylic acids is 1. The van der Waals surface area contributed by atoms with Gasteiger partial charge in [0.15, 0.2) is 0 Å². The lowest BCUT2D eigenvalue weighted by Crippen LogP contribution is -2.23. The molecule has 0 aliphatic carbocycles. The summed E-state index contributed by atoms with van der Waals surface area (Å²) in [4.78, 5) is 10.4. The highest BCUT2D eigenvalue weighted by molar-refractivity contribution is 5.68. The van der Waals surface area contributed by atoms with E-state index in [0.717, 1.165) is 24.3 Å². The van der Waals surface area contributed by atoms with Crippen molar-refractivity contribution in [2.45, 2.75) is 24.9 Å². The third-order valence-electron chi connectivity index (χ3n) is 2.36. The van der Waals surface area contributed by atoms with Crippen molar-refractivity contribution in [1.29, 1.82) is 0 Å². The molecule has 2 nitrogen and oxygen atoms in total. The Hall–Kier alpha value is -1.66. The molecule has 1 aromatic rings. The normalized spacial score (nSPS) is 13.7. The molecule has 0 heterocycles. The molecule has 1 rings (SSSR count). The Balaban J connectivity index is 3.02. The van der Waals surface area contributed by atoms with Gasteiger partial charge in [0.05, 0.1) is 12.3 Å². The number of aliphatic carboxylic acids is 1. The van der Waals surface area contributed by atoms with E-state index >= 15 is 0 Å². The molecule has 0 fully saturated rings. The fourth-order valence-electron chi connectivity index (χ4n) is 1.47. The number of hydrogen-bond donors (Lipinski definition) is 1. The molecule has 1 unspecified atom stereocenters. The summed E-state index contributed by atoms with van der Waals surface area (Å²) in [5.41, 5.74) is -0.746. The van der Waals surface area contributed by atoms with Gasteiger partial charge in [-0.25, -0.2) is 8.78 Å². The quantitative estimate of drug-likeness (QED) is 0.844. The maximum absolute atomic E-state index is 12.6. The highest BCUT2D eigenvalue weighted by Crippen LogP contribution is 2.37.